The van der Waals surface area contributed by atoms with Crippen molar-refractivity contribution in [2.75, 3.05) is 12.4 Å². The lowest BCUT2D eigenvalue weighted by Crippen LogP contribution is -2.26. The van der Waals surface area contributed by atoms with Crippen molar-refractivity contribution in [1.82, 2.24) is 20.3 Å². The Kier molecular flexibility index (Phi) is 5.66. The molecule has 0 fully saturated rings. The van der Waals surface area contributed by atoms with Gasteiger partial charge in [-0.05, 0) is 42.8 Å². The molecule has 0 radical (unpaired) electrons. The van der Waals surface area contributed by atoms with Crippen LogP contribution < -0.4 is 5.32 Å². The largest absolute Gasteiger partial charge is 0.500 e. The predicted molar refractivity (Wildman–Crippen MR) is 123 cm³/mol. The molecule has 0 bridgehead atoms. The maximum absolute atomic E-state index is 13.5. The van der Waals surface area contributed by atoms with Crippen LogP contribution >= 0.6 is 0 Å². The molecular formula is C24H19FN4O4S. The Balaban J connectivity index is 1.34. The number of pyridine rings is 3. The SMILES string of the molecule is O=C(NCc1cc2nc(-c3cccc(F)n3)ccc2cn1)C1=CCC2=COCCS(=O)(=O)C2=C1. The summed E-state index contributed by atoms with van der Waals surface area (Å²) in [5.41, 5.74) is 2.94. The third kappa shape index (κ3) is 4.44. The molecule has 2 aliphatic rings. The molecule has 4 heterocycles. The number of halogens is 1. The van der Waals surface area contributed by atoms with Gasteiger partial charge in [-0.2, -0.15) is 4.39 Å². The van der Waals surface area contributed by atoms with Crippen LogP contribution in [0.25, 0.3) is 22.3 Å². The van der Waals surface area contributed by atoms with Gasteiger partial charge in [-0.1, -0.05) is 12.1 Å². The first kappa shape index (κ1) is 21.9. The summed E-state index contributed by atoms with van der Waals surface area (Å²) in [4.78, 5) is 25.6. The fraction of sp³-hybridized carbons (Fsp3) is 0.167. The molecule has 3 aromatic heterocycles. The molecule has 5 rings (SSSR count). The third-order valence-electron chi connectivity index (χ3n) is 5.48. The summed E-state index contributed by atoms with van der Waals surface area (Å²) in [6.45, 7) is 0.210. The number of fused-ring (bicyclic) bond motifs is 2. The molecule has 1 N–H and O–H groups in total. The van der Waals surface area contributed by atoms with Gasteiger partial charge in [-0.3, -0.25) is 9.78 Å². The second-order valence-corrected chi connectivity index (χ2v) is 9.88. The van der Waals surface area contributed by atoms with E-state index in [1.54, 1.807) is 36.5 Å². The molecule has 0 atom stereocenters. The van der Waals surface area contributed by atoms with Gasteiger partial charge in [-0.15, -0.1) is 0 Å². The average molecular weight is 479 g/mol. The number of nitrogens with zero attached hydrogens (tertiary/aromatic N) is 3. The van der Waals surface area contributed by atoms with Crippen molar-refractivity contribution in [2.45, 2.75) is 13.0 Å². The van der Waals surface area contributed by atoms with Crippen LogP contribution in [0.15, 0.2) is 77.1 Å². The van der Waals surface area contributed by atoms with E-state index in [2.05, 4.69) is 20.3 Å². The molecular weight excluding hydrogens is 459 g/mol. The summed E-state index contributed by atoms with van der Waals surface area (Å²) in [6, 6.07) is 9.81. The van der Waals surface area contributed by atoms with E-state index in [4.69, 9.17) is 4.74 Å². The number of hydrogen-bond donors (Lipinski definition) is 1. The van der Waals surface area contributed by atoms with Crippen LogP contribution in [0.2, 0.25) is 0 Å². The molecule has 0 spiro atoms. The van der Waals surface area contributed by atoms with Gasteiger partial charge in [0.25, 0.3) is 5.91 Å². The van der Waals surface area contributed by atoms with E-state index in [0.29, 0.717) is 34.6 Å². The summed E-state index contributed by atoms with van der Waals surface area (Å²) in [7, 11) is -3.51. The number of aromatic nitrogens is 3. The Hall–Kier alpha value is -3.92. The second kappa shape index (κ2) is 8.79. The van der Waals surface area contributed by atoms with E-state index < -0.39 is 21.7 Å². The minimum absolute atomic E-state index is 0.0867. The van der Waals surface area contributed by atoms with Crippen molar-refractivity contribution in [3.05, 3.63) is 88.7 Å². The molecule has 0 unspecified atom stereocenters. The van der Waals surface area contributed by atoms with Crippen LogP contribution in [0.5, 0.6) is 0 Å². The first-order chi connectivity index (χ1) is 16.4. The lowest BCUT2D eigenvalue weighted by Gasteiger charge is -2.15. The summed E-state index contributed by atoms with van der Waals surface area (Å²) < 4.78 is 43.6. The number of hydrogen-bond acceptors (Lipinski definition) is 7. The van der Waals surface area contributed by atoms with Crippen LogP contribution in [0.4, 0.5) is 4.39 Å². The lowest BCUT2D eigenvalue weighted by molar-refractivity contribution is -0.117. The molecule has 1 aliphatic carbocycles. The fourth-order valence-electron chi connectivity index (χ4n) is 3.72. The van der Waals surface area contributed by atoms with Gasteiger partial charge in [0, 0.05) is 22.7 Å². The number of amides is 1. The number of carbonyl (C=O) groups is 1. The number of rotatable bonds is 4. The van der Waals surface area contributed by atoms with Crippen molar-refractivity contribution < 1.29 is 22.3 Å². The minimum Gasteiger partial charge on any atom is -0.500 e. The molecule has 0 saturated carbocycles. The number of nitrogens with one attached hydrogen (secondary N) is 1. The van der Waals surface area contributed by atoms with Crippen LogP contribution in [0.1, 0.15) is 12.1 Å². The van der Waals surface area contributed by atoms with E-state index in [1.807, 2.05) is 6.07 Å². The maximum atomic E-state index is 13.5. The molecule has 0 saturated heterocycles. The Bertz CT molecular complexity index is 1510. The first-order valence-electron chi connectivity index (χ1n) is 10.5. The van der Waals surface area contributed by atoms with Crippen molar-refractivity contribution in [3.63, 3.8) is 0 Å². The number of carbonyl (C=O) groups excluding carboxylic acids is 1. The second-order valence-electron chi connectivity index (χ2n) is 7.80. The number of sulfone groups is 1. The molecule has 1 aliphatic heterocycles. The molecule has 0 aromatic carbocycles. The summed E-state index contributed by atoms with van der Waals surface area (Å²) in [5.74, 6) is -1.12. The maximum Gasteiger partial charge on any atom is 0.251 e. The van der Waals surface area contributed by atoms with Crippen molar-refractivity contribution in [3.8, 4) is 11.4 Å². The topological polar surface area (TPSA) is 111 Å². The Morgan fingerprint density at radius 3 is 2.85 bits per heavy atom. The Labute approximate surface area is 194 Å². The minimum atomic E-state index is -3.51. The Morgan fingerprint density at radius 1 is 1.15 bits per heavy atom. The predicted octanol–water partition coefficient (Wildman–Crippen LogP) is 2.99. The van der Waals surface area contributed by atoms with Gasteiger partial charge in [-0.25, -0.2) is 18.4 Å². The smallest absolute Gasteiger partial charge is 0.251 e. The van der Waals surface area contributed by atoms with Gasteiger partial charge in [0.1, 0.15) is 6.61 Å². The summed E-state index contributed by atoms with van der Waals surface area (Å²) in [6.07, 6.45) is 6.44. The van der Waals surface area contributed by atoms with Gasteiger partial charge < -0.3 is 10.1 Å². The van der Waals surface area contributed by atoms with E-state index in [-0.39, 0.29) is 29.4 Å². The van der Waals surface area contributed by atoms with E-state index in [9.17, 15) is 17.6 Å². The third-order valence-corrected chi connectivity index (χ3v) is 7.23. The normalized spacial score (nSPS) is 16.9. The highest BCUT2D eigenvalue weighted by Gasteiger charge is 2.28. The quantitative estimate of drug-likeness (QED) is 0.574. The molecule has 1 amide bonds. The van der Waals surface area contributed by atoms with E-state index >= 15 is 0 Å². The highest BCUT2D eigenvalue weighted by molar-refractivity contribution is 7.95. The van der Waals surface area contributed by atoms with Crippen LogP contribution in [0, 0.1) is 5.95 Å². The highest BCUT2D eigenvalue weighted by atomic mass is 32.2. The zero-order chi connectivity index (χ0) is 23.7. The standard InChI is InChI=1S/C24H19FN4O4S/c25-23-3-1-2-19(29-23)20-7-6-16-12-26-18(11-21(16)28-20)13-27-24(30)15-4-5-17-14-33-8-9-34(31,32)22(17)10-15/h1-4,6-7,10-12,14H,5,8-9,13H2,(H,27,30). The van der Waals surface area contributed by atoms with Crippen molar-refractivity contribution in [2.24, 2.45) is 0 Å². The zero-order valence-electron chi connectivity index (χ0n) is 17.9. The summed E-state index contributed by atoms with van der Waals surface area (Å²) in [5, 5.41) is 3.56. The average Bonchev–Trinajstić information content (AvgIpc) is 2.99. The van der Waals surface area contributed by atoms with Crippen molar-refractivity contribution >= 4 is 26.6 Å². The van der Waals surface area contributed by atoms with Gasteiger partial charge in [0.05, 0.1) is 46.1 Å². The molecule has 172 valence electrons. The highest BCUT2D eigenvalue weighted by Crippen LogP contribution is 2.30. The zero-order valence-corrected chi connectivity index (χ0v) is 18.7. The molecule has 34 heavy (non-hydrogen) atoms. The van der Waals surface area contributed by atoms with E-state index in [0.717, 1.165) is 5.39 Å². The van der Waals surface area contributed by atoms with Crippen molar-refractivity contribution in [1.29, 1.82) is 0 Å². The monoisotopic (exact) mass is 478 g/mol. The van der Waals surface area contributed by atoms with E-state index in [1.165, 1.54) is 18.4 Å². The van der Waals surface area contributed by atoms with Gasteiger partial charge >= 0.3 is 0 Å². The van der Waals surface area contributed by atoms with Gasteiger partial charge in [0.2, 0.25) is 5.95 Å². The fourth-order valence-corrected chi connectivity index (χ4v) is 5.09. The molecule has 10 heteroatoms. The van der Waals surface area contributed by atoms with Crippen LogP contribution in [-0.2, 0) is 25.9 Å². The lowest BCUT2D eigenvalue weighted by atomic mass is 10.0. The number of allylic oxidation sites excluding steroid dienone is 2. The molecule has 8 nitrogen and oxygen atoms in total. The number of ether oxygens (including phenoxy) is 1. The van der Waals surface area contributed by atoms with Gasteiger partial charge in [0.15, 0.2) is 9.84 Å². The Morgan fingerprint density at radius 2 is 2.00 bits per heavy atom. The first-order valence-corrected chi connectivity index (χ1v) is 12.2. The van der Waals surface area contributed by atoms with Crippen LogP contribution in [0.3, 0.4) is 0 Å². The summed E-state index contributed by atoms with van der Waals surface area (Å²) >= 11 is 0. The van der Waals surface area contributed by atoms with Crippen LogP contribution in [-0.4, -0.2) is 41.6 Å². The molecule has 3 aromatic rings.